The fourth-order valence-corrected chi connectivity index (χ4v) is 5.26. The maximum atomic E-state index is 13.1. The predicted octanol–water partition coefficient (Wildman–Crippen LogP) is 3.81. The average Bonchev–Trinajstić information content (AvgIpc) is 2.85. The molecule has 1 atom stereocenters. The number of halogens is 1. The van der Waals surface area contributed by atoms with Gasteiger partial charge in [0, 0.05) is 24.0 Å². The van der Waals surface area contributed by atoms with Crippen molar-refractivity contribution in [1.29, 1.82) is 0 Å². The Morgan fingerprint density at radius 2 is 1.73 bits per heavy atom. The van der Waals surface area contributed by atoms with Crippen LogP contribution in [-0.4, -0.2) is 32.5 Å². The molecule has 0 saturated carbocycles. The summed E-state index contributed by atoms with van der Waals surface area (Å²) >= 11 is 5.89. The average molecular weight is 394 g/mol. The highest BCUT2D eigenvalue weighted by atomic mass is 35.5. The van der Waals surface area contributed by atoms with E-state index in [-0.39, 0.29) is 10.9 Å². The van der Waals surface area contributed by atoms with E-state index in [4.69, 9.17) is 21.1 Å². The third-order valence-corrected chi connectivity index (χ3v) is 7.15. The van der Waals surface area contributed by atoms with Crippen LogP contribution in [0.1, 0.15) is 30.5 Å². The van der Waals surface area contributed by atoms with E-state index in [0.717, 1.165) is 23.3 Å². The lowest BCUT2D eigenvalue weighted by atomic mass is 9.94. The van der Waals surface area contributed by atoms with Gasteiger partial charge < -0.3 is 9.47 Å². The van der Waals surface area contributed by atoms with Crippen molar-refractivity contribution in [3.63, 3.8) is 0 Å². The van der Waals surface area contributed by atoms with Gasteiger partial charge in [0.05, 0.1) is 18.1 Å². The number of sulfonamides is 1. The Balaban J connectivity index is 1.70. The minimum atomic E-state index is -3.60. The van der Waals surface area contributed by atoms with Crippen LogP contribution in [0.5, 0.6) is 11.5 Å². The van der Waals surface area contributed by atoms with E-state index in [9.17, 15) is 8.42 Å². The van der Waals surface area contributed by atoms with Crippen molar-refractivity contribution in [3.05, 3.63) is 52.5 Å². The van der Waals surface area contributed by atoms with Gasteiger partial charge in [-0.1, -0.05) is 11.6 Å². The van der Waals surface area contributed by atoms with Crippen molar-refractivity contribution >= 4 is 21.6 Å². The van der Waals surface area contributed by atoms with Crippen LogP contribution in [-0.2, 0) is 16.4 Å². The molecular weight excluding hydrogens is 374 g/mol. The van der Waals surface area contributed by atoms with E-state index in [1.807, 2.05) is 19.1 Å². The molecule has 26 heavy (non-hydrogen) atoms. The SMILES string of the molecule is CC1c2cc3c(cc2CCN1S(=O)(=O)c1ccc(Cl)cc1)OCCCO3. The van der Waals surface area contributed by atoms with Crippen molar-refractivity contribution in [2.75, 3.05) is 19.8 Å². The summed E-state index contributed by atoms with van der Waals surface area (Å²) in [6.07, 6.45) is 1.48. The minimum absolute atomic E-state index is 0.256. The highest BCUT2D eigenvalue weighted by molar-refractivity contribution is 7.89. The molecule has 0 bridgehead atoms. The Morgan fingerprint density at radius 3 is 2.42 bits per heavy atom. The molecule has 0 fully saturated rings. The fraction of sp³-hybridized carbons (Fsp3) is 0.368. The zero-order valence-electron chi connectivity index (χ0n) is 14.4. The van der Waals surface area contributed by atoms with E-state index in [1.165, 1.54) is 0 Å². The summed E-state index contributed by atoms with van der Waals surface area (Å²) in [5.41, 5.74) is 2.09. The second-order valence-corrected chi connectivity index (χ2v) is 8.87. The molecule has 0 spiro atoms. The molecule has 0 N–H and O–H groups in total. The van der Waals surface area contributed by atoms with E-state index in [0.29, 0.717) is 37.0 Å². The van der Waals surface area contributed by atoms with E-state index >= 15 is 0 Å². The number of rotatable bonds is 2. The molecule has 138 valence electrons. The van der Waals surface area contributed by atoms with Crippen LogP contribution in [0.3, 0.4) is 0 Å². The third-order valence-electron chi connectivity index (χ3n) is 4.91. The Kier molecular flexibility index (Phi) is 4.59. The molecule has 2 aliphatic heterocycles. The molecule has 5 nitrogen and oxygen atoms in total. The molecule has 2 aromatic rings. The summed E-state index contributed by atoms with van der Waals surface area (Å²) < 4.78 is 39.3. The van der Waals surface area contributed by atoms with Crippen LogP contribution < -0.4 is 9.47 Å². The van der Waals surface area contributed by atoms with Crippen molar-refractivity contribution in [2.45, 2.75) is 30.7 Å². The number of fused-ring (bicyclic) bond motifs is 2. The van der Waals surface area contributed by atoms with Gasteiger partial charge >= 0.3 is 0 Å². The summed E-state index contributed by atoms with van der Waals surface area (Å²) in [5, 5.41) is 0.515. The number of hydrogen-bond donors (Lipinski definition) is 0. The second-order valence-electron chi connectivity index (χ2n) is 6.54. The lowest BCUT2D eigenvalue weighted by Gasteiger charge is -2.34. The van der Waals surface area contributed by atoms with Crippen LogP contribution in [0.15, 0.2) is 41.3 Å². The number of ether oxygens (including phenoxy) is 2. The van der Waals surface area contributed by atoms with Gasteiger partial charge in [-0.2, -0.15) is 4.31 Å². The minimum Gasteiger partial charge on any atom is -0.490 e. The molecule has 2 aromatic carbocycles. The first-order valence-corrected chi connectivity index (χ1v) is 10.5. The lowest BCUT2D eigenvalue weighted by molar-refractivity contribution is 0.296. The lowest BCUT2D eigenvalue weighted by Crippen LogP contribution is -2.38. The highest BCUT2D eigenvalue weighted by Gasteiger charge is 2.35. The Labute approximate surface area is 158 Å². The summed E-state index contributed by atoms with van der Waals surface area (Å²) in [5.74, 6) is 1.45. The maximum absolute atomic E-state index is 13.1. The summed E-state index contributed by atoms with van der Waals surface area (Å²) in [7, 11) is -3.60. The normalized spacial score (nSPS) is 20.3. The predicted molar refractivity (Wildman–Crippen MR) is 99.5 cm³/mol. The molecule has 0 radical (unpaired) electrons. The number of hydrogen-bond acceptors (Lipinski definition) is 4. The van der Waals surface area contributed by atoms with Crippen LogP contribution in [0.4, 0.5) is 0 Å². The quantitative estimate of drug-likeness (QED) is 0.778. The Hall–Kier alpha value is -1.76. The maximum Gasteiger partial charge on any atom is 0.243 e. The molecular formula is C19H20ClNO4S. The monoisotopic (exact) mass is 393 g/mol. The molecule has 7 heteroatoms. The van der Waals surface area contributed by atoms with Crippen LogP contribution in [0, 0.1) is 0 Å². The first-order chi connectivity index (χ1) is 12.5. The molecule has 4 rings (SSSR count). The second kappa shape index (κ2) is 6.76. The highest BCUT2D eigenvalue weighted by Crippen LogP contribution is 2.40. The summed E-state index contributed by atoms with van der Waals surface area (Å²) in [6.45, 7) is 3.58. The fourth-order valence-electron chi connectivity index (χ4n) is 3.52. The van der Waals surface area contributed by atoms with Crippen molar-refractivity contribution in [1.82, 2.24) is 4.31 Å². The van der Waals surface area contributed by atoms with Crippen LogP contribution in [0.2, 0.25) is 5.02 Å². The smallest absolute Gasteiger partial charge is 0.243 e. The van der Waals surface area contributed by atoms with Crippen molar-refractivity contribution in [3.8, 4) is 11.5 Å². The third kappa shape index (κ3) is 3.06. The molecule has 0 amide bonds. The first kappa shape index (κ1) is 17.6. The summed E-state index contributed by atoms with van der Waals surface area (Å²) in [6, 6.07) is 9.95. The van der Waals surface area contributed by atoms with Gasteiger partial charge in [-0.3, -0.25) is 0 Å². The molecule has 0 saturated heterocycles. The van der Waals surface area contributed by atoms with E-state index in [2.05, 4.69) is 0 Å². The van der Waals surface area contributed by atoms with E-state index in [1.54, 1.807) is 28.6 Å². The summed E-state index contributed by atoms with van der Waals surface area (Å²) in [4.78, 5) is 0.256. The van der Waals surface area contributed by atoms with Crippen molar-refractivity contribution in [2.24, 2.45) is 0 Å². The zero-order chi connectivity index (χ0) is 18.3. The first-order valence-electron chi connectivity index (χ1n) is 8.66. The topological polar surface area (TPSA) is 55.8 Å². The van der Waals surface area contributed by atoms with Gasteiger partial charge in [-0.15, -0.1) is 0 Å². The molecule has 0 aliphatic carbocycles. The number of nitrogens with zero attached hydrogens (tertiary/aromatic N) is 1. The Bertz CT molecular complexity index is 927. The largest absolute Gasteiger partial charge is 0.490 e. The van der Waals surface area contributed by atoms with Crippen LogP contribution >= 0.6 is 11.6 Å². The van der Waals surface area contributed by atoms with Gasteiger partial charge in [0.1, 0.15) is 0 Å². The van der Waals surface area contributed by atoms with Crippen LogP contribution in [0.25, 0.3) is 0 Å². The molecule has 2 aliphatic rings. The van der Waals surface area contributed by atoms with Gasteiger partial charge in [0.2, 0.25) is 10.0 Å². The van der Waals surface area contributed by atoms with Gasteiger partial charge in [0.25, 0.3) is 0 Å². The standard InChI is InChI=1S/C19H20ClNO4S/c1-13-17-12-19-18(24-9-2-10-25-19)11-14(17)7-8-21(13)26(22,23)16-5-3-15(20)4-6-16/h3-6,11-13H,2,7-10H2,1H3. The molecule has 2 heterocycles. The van der Waals surface area contributed by atoms with E-state index < -0.39 is 10.0 Å². The Morgan fingerprint density at radius 1 is 1.08 bits per heavy atom. The number of benzene rings is 2. The van der Waals surface area contributed by atoms with Gasteiger partial charge in [-0.25, -0.2) is 8.42 Å². The molecule has 1 unspecified atom stereocenters. The molecule has 0 aromatic heterocycles. The zero-order valence-corrected chi connectivity index (χ0v) is 16.0. The van der Waals surface area contributed by atoms with Gasteiger partial charge in [0.15, 0.2) is 11.5 Å². The van der Waals surface area contributed by atoms with Crippen molar-refractivity contribution < 1.29 is 17.9 Å². The van der Waals surface area contributed by atoms with Gasteiger partial charge in [-0.05, 0) is 60.9 Å².